The third-order valence-corrected chi connectivity index (χ3v) is 2.35. The predicted octanol–water partition coefficient (Wildman–Crippen LogP) is 0.326. The van der Waals surface area contributed by atoms with Crippen LogP contribution in [-0.4, -0.2) is 25.2 Å². The molecule has 0 aromatic heterocycles. The van der Waals surface area contributed by atoms with Crippen LogP contribution in [-0.2, 0) is 16.0 Å². The molecule has 0 saturated carbocycles. The summed E-state index contributed by atoms with van der Waals surface area (Å²) in [6.45, 7) is 0.744. The van der Waals surface area contributed by atoms with Gasteiger partial charge in [0.1, 0.15) is 6.61 Å². The van der Waals surface area contributed by atoms with Crippen LogP contribution in [0.25, 0.3) is 0 Å². The van der Waals surface area contributed by atoms with E-state index in [9.17, 15) is 4.79 Å². The van der Waals surface area contributed by atoms with E-state index in [4.69, 9.17) is 10.5 Å². The Labute approximate surface area is 88.4 Å². The van der Waals surface area contributed by atoms with Gasteiger partial charge in [-0.05, 0) is 24.1 Å². The van der Waals surface area contributed by atoms with E-state index in [1.807, 2.05) is 24.3 Å². The highest BCUT2D eigenvalue weighted by Gasteiger charge is 2.18. The standard InChI is InChI=1S/C11H14N2O2/c12-9-3-1-2-8(4-9)5-10-6-15-7-11(14)13-10/h1-4,10H,5-7,12H2,(H,13,14). The zero-order chi connectivity index (χ0) is 10.7. The lowest BCUT2D eigenvalue weighted by Gasteiger charge is -2.23. The van der Waals surface area contributed by atoms with Gasteiger partial charge in [0.05, 0.1) is 12.6 Å². The summed E-state index contributed by atoms with van der Waals surface area (Å²) in [5.41, 5.74) is 7.53. The first-order valence-electron chi connectivity index (χ1n) is 4.95. The van der Waals surface area contributed by atoms with Crippen molar-refractivity contribution in [2.45, 2.75) is 12.5 Å². The number of amides is 1. The topological polar surface area (TPSA) is 64.3 Å². The summed E-state index contributed by atoms with van der Waals surface area (Å²) in [5, 5.41) is 2.88. The Balaban J connectivity index is 1.99. The van der Waals surface area contributed by atoms with Gasteiger partial charge in [0.15, 0.2) is 0 Å². The molecule has 1 fully saturated rings. The monoisotopic (exact) mass is 206 g/mol. The Morgan fingerprint density at radius 1 is 1.53 bits per heavy atom. The van der Waals surface area contributed by atoms with Crippen molar-refractivity contribution in [3.8, 4) is 0 Å². The van der Waals surface area contributed by atoms with Crippen LogP contribution in [0.3, 0.4) is 0 Å². The summed E-state index contributed by atoms with van der Waals surface area (Å²) < 4.78 is 5.15. The van der Waals surface area contributed by atoms with Gasteiger partial charge in [-0.2, -0.15) is 0 Å². The number of carbonyl (C=O) groups excluding carboxylic acids is 1. The number of hydrogen-bond donors (Lipinski definition) is 2. The number of hydrogen-bond acceptors (Lipinski definition) is 3. The molecule has 1 heterocycles. The van der Waals surface area contributed by atoms with Crippen molar-refractivity contribution in [3.05, 3.63) is 29.8 Å². The number of ether oxygens (including phenoxy) is 1. The number of rotatable bonds is 2. The van der Waals surface area contributed by atoms with Gasteiger partial charge in [-0.15, -0.1) is 0 Å². The third kappa shape index (κ3) is 2.70. The summed E-state index contributed by atoms with van der Waals surface area (Å²) in [6, 6.07) is 7.74. The van der Waals surface area contributed by atoms with Crippen LogP contribution < -0.4 is 11.1 Å². The Morgan fingerprint density at radius 3 is 3.13 bits per heavy atom. The highest BCUT2D eigenvalue weighted by atomic mass is 16.5. The summed E-state index contributed by atoms with van der Waals surface area (Å²) in [7, 11) is 0. The van der Waals surface area contributed by atoms with Gasteiger partial charge in [-0.3, -0.25) is 4.79 Å². The molecule has 0 bridgehead atoms. The third-order valence-electron chi connectivity index (χ3n) is 2.35. The minimum Gasteiger partial charge on any atom is -0.399 e. The number of carbonyl (C=O) groups is 1. The molecule has 1 aromatic rings. The zero-order valence-corrected chi connectivity index (χ0v) is 8.40. The number of benzene rings is 1. The minimum absolute atomic E-state index is 0.0462. The SMILES string of the molecule is Nc1cccc(CC2COCC(=O)N2)c1. The van der Waals surface area contributed by atoms with Crippen molar-refractivity contribution in [1.29, 1.82) is 0 Å². The second-order valence-corrected chi connectivity index (χ2v) is 3.73. The van der Waals surface area contributed by atoms with Crippen molar-refractivity contribution >= 4 is 11.6 Å². The lowest BCUT2D eigenvalue weighted by Crippen LogP contribution is -2.46. The quantitative estimate of drug-likeness (QED) is 0.685. The maximum Gasteiger partial charge on any atom is 0.246 e. The van der Waals surface area contributed by atoms with Gasteiger partial charge in [0.2, 0.25) is 5.91 Å². The van der Waals surface area contributed by atoms with Gasteiger partial charge >= 0.3 is 0 Å². The number of anilines is 1. The Hall–Kier alpha value is -1.55. The fraction of sp³-hybridized carbons (Fsp3) is 0.364. The van der Waals surface area contributed by atoms with E-state index in [-0.39, 0.29) is 18.6 Å². The maximum absolute atomic E-state index is 11.1. The van der Waals surface area contributed by atoms with Crippen molar-refractivity contribution in [3.63, 3.8) is 0 Å². The molecule has 4 nitrogen and oxygen atoms in total. The summed E-state index contributed by atoms with van der Waals surface area (Å²) >= 11 is 0. The molecule has 1 aliphatic rings. The van der Waals surface area contributed by atoms with E-state index in [0.717, 1.165) is 17.7 Å². The molecule has 0 radical (unpaired) electrons. The highest BCUT2D eigenvalue weighted by Crippen LogP contribution is 2.10. The van der Waals surface area contributed by atoms with Crippen LogP contribution in [0.5, 0.6) is 0 Å². The molecule has 80 valence electrons. The maximum atomic E-state index is 11.1. The van der Waals surface area contributed by atoms with Crippen LogP contribution in [0.15, 0.2) is 24.3 Å². The lowest BCUT2D eigenvalue weighted by molar-refractivity contribution is -0.131. The smallest absolute Gasteiger partial charge is 0.246 e. The normalized spacial score (nSPS) is 21.1. The van der Waals surface area contributed by atoms with E-state index >= 15 is 0 Å². The number of nitrogen functional groups attached to an aromatic ring is 1. The van der Waals surface area contributed by atoms with E-state index in [1.165, 1.54) is 0 Å². The van der Waals surface area contributed by atoms with Crippen LogP contribution in [0.1, 0.15) is 5.56 Å². The van der Waals surface area contributed by atoms with Crippen molar-refractivity contribution in [2.24, 2.45) is 0 Å². The molecule has 1 amide bonds. The summed E-state index contributed by atoms with van der Waals surface area (Å²) in [4.78, 5) is 11.1. The van der Waals surface area contributed by atoms with Crippen LogP contribution in [0, 0.1) is 0 Å². The number of nitrogens with one attached hydrogen (secondary N) is 1. The second kappa shape index (κ2) is 4.31. The molecular formula is C11H14N2O2. The molecule has 2 rings (SSSR count). The largest absolute Gasteiger partial charge is 0.399 e. The molecule has 1 aliphatic heterocycles. The van der Waals surface area contributed by atoms with Crippen molar-refractivity contribution in [2.75, 3.05) is 18.9 Å². The van der Waals surface area contributed by atoms with Crippen LogP contribution in [0.2, 0.25) is 0 Å². The minimum atomic E-state index is -0.0462. The highest BCUT2D eigenvalue weighted by molar-refractivity contribution is 5.78. The number of morpholine rings is 1. The van der Waals surface area contributed by atoms with Gasteiger partial charge in [-0.1, -0.05) is 12.1 Å². The van der Waals surface area contributed by atoms with Crippen LogP contribution in [0.4, 0.5) is 5.69 Å². The first kappa shape index (κ1) is 9.98. The summed E-state index contributed by atoms with van der Waals surface area (Å²) in [6.07, 6.45) is 0.761. The first-order valence-corrected chi connectivity index (χ1v) is 4.95. The van der Waals surface area contributed by atoms with E-state index in [2.05, 4.69) is 5.32 Å². The van der Waals surface area contributed by atoms with Gasteiger partial charge in [0, 0.05) is 5.69 Å². The molecule has 1 aromatic carbocycles. The molecule has 0 spiro atoms. The Bertz CT molecular complexity index is 365. The Morgan fingerprint density at radius 2 is 2.40 bits per heavy atom. The average Bonchev–Trinajstić information content (AvgIpc) is 2.17. The summed E-state index contributed by atoms with van der Waals surface area (Å²) in [5.74, 6) is -0.0462. The molecule has 1 unspecified atom stereocenters. The number of nitrogens with two attached hydrogens (primary N) is 1. The molecule has 3 N–H and O–H groups in total. The predicted molar refractivity (Wildman–Crippen MR) is 57.3 cm³/mol. The van der Waals surface area contributed by atoms with Crippen molar-refractivity contribution < 1.29 is 9.53 Å². The zero-order valence-electron chi connectivity index (χ0n) is 8.40. The van der Waals surface area contributed by atoms with Gasteiger partial charge < -0.3 is 15.8 Å². The van der Waals surface area contributed by atoms with E-state index < -0.39 is 0 Å². The average molecular weight is 206 g/mol. The van der Waals surface area contributed by atoms with E-state index in [0.29, 0.717) is 6.61 Å². The molecule has 0 aliphatic carbocycles. The fourth-order valence-electron chi connectivity index (χ4n) is 1.72. The Kier molecular flexibility index (Phi) is 2.87. The van der Waals surface area contributed by atoms with Crippen molar-refractivity contribution in [1.82, 2.24) is 5.32 Å². The van der Waals surface area contributed by atoms with Crippen LogP contribution >= 0.6 is 0 Å². The second-order valence-electron chi connectivity index (χ2n) is 3.73. The molecule has 4 heteroatoms. The van der Waals surface area contributed by atoms with E-state index in [1.54, 1.807) is 0 Å². The molecule has 15 heavy (non-hydrogen) atoms. The molecule has 1 atom stereocenters. The fourth-order valence-corrected chi connectivity index (χ4v) is 1.72. The first-order chi connectivity index (χ1) is 7.24. The van der Waals surface area contributed by atoms with Gasteiger partial charge in [0.25, 0.3) is 0 Å². The van der Waals surface area contributed by atoms with Gasteiger partial charge in [-0.25, -0.2) is 0 Å². The lowest BCUT2D eigenvalue weighted by atomic mass is 10.1. The molecule has 1 saturated heterocycles. The molecular weight excluding hydrogens is 192 g/mol.